The van der Waals surface area contributed by atoms with E-state index in [4.69, 9.17) is 11.6 Å². The van der Waals surface area contributed by atoms with Crippen molar-refractivity contribution in [2.45, 2.75) is 20.0 Å². The van der Waals surface area contributed by atoms with Gasteiger partial charge in [0.25, 0.3) is 0 Å². The number of benzene rings is 2. The Kier molecular flexibility index (Phi) is 3.88. The third-order valence-electron chi connectivity index (χ3n) is 2.98. The van der Waals surface area contributed by atoms with Gasteiger partial charge in [-0.3, -0.25) is 0 Å². The maximum atomic E-state index is 13.8. The van der Waals surface area contributed by atoms with Crippen LogP contribution in [0.2, 0.25) is 5.02 Å². The number of hydrogen-bond acceptors (Lipinski definition) is 1. The van der Waals surface area contributed by atoms with E-state index in [2.05, 4.69) is 0 Å². The predicted molar refractivity (Wildman–Crippen MR) is 71.3 cm³/mol. The summed E-state index contributed by atoms with van der Waals surface area (Å²) in [5, 5.41) is 10.6. The van der Waals surface area contributed by atoms with E-state index in [-0.39, 0.29) is 11.1 Å². The molecule has 19 heavy (non-hydrogen) atoms. The third-order valence-corrected chi connectivity index (χ3v) is 3.20. The molecule has 0 heterocycles. The number of aryl methyl sites for hydroxylation is 2. The zero-order chi connectivity index (χ0) is 14.2. The van der Waals surface area contributed by atoms with Crippen molar-refractivity contribution in [2.75, 3.05) is 0 Å². The molecule has 0 aliphatic heterocycles. The van der Waals surface area contributed by atoms with Crippen LogP contribution in [-0.2, 0) is 0 Å². The Morgan fingerprint density at radius 3 is 2.37 bits per heavy atom. The SMILES string of the molecule is Cc1cc(Cl)cc(C(O)c2ccc(C)c(F)c2F)c1. The summed E-state index contributed by atoms with van der Waals surface area (Å²) in [6.45, 7) is 3.28. The highest BCUT2D eigenvalue weighted by molar-refractivity contribution is 6.30. The number of halogens is 3. The van der Waals surface area contributed by atoms with Crippen LogP contribution in [0.3, 0.4) is 0 Å². The molecule has 0 fully saturated rings. The lowest BCUT2D eigenvalue weighted by Crippen LogP contribution is -2.05. The van der Waals surface area contributed by atoms with Gasteiger partial charge in [-0.15, -0.1) is 0 Å². The summed E-state index contributed by atoms with van der Waals surface area (Å²) in [6, 6.07) is 7.77. The fraction of sp³-hybridized carbons (Fsp3) is 0.200. The standard InChI is InChI=1S/C15H13ClF2O/c1-8-5-10(7-11(16)6-8)15(19)12-4-3-9(2)13(17)14(12)18/h3-7,15,19H,1-2H3. The van der Waals surface area contributed by atoms with Gasteiger partial charge in [0.1, 0.15) is 6.10 Å². The van der Waals surface area contributed by atoms with Crippen molar-refractivity contribution in [1.82, 2.24) is 0 Å². The number of aliphatic hydroxyl groups is 1. The van der Waals surface area contributed by atoms with Crippen molar-refractivity contribution >= 4 is 11.6 Å². The highest BCUT2D eigenvalue weighted by atomic mass is 35.5. The van der Waals surface area contributed by atoms with Gasteiger partial charge in [-0.2, -0.15) is 0 Å². The topological polar surface area (TPSA) is 20.2 Å². The first-order valence-corrected chi connectivity index (χ1v) is 6.17. The second-order valence-electron chi connectivity index (χ2n) is 4.56. The first-order chi connectivity index (χ1) is 8.90. The van der Waals surface area contributed by atoms with Crippen LogP contribution in [0.1, 0.15) is 28.4 Å². The van der Waals surface area contributed by atoms with Gasteiger partial charge in [-0.25, -0.2) is 8.78 Å². The van der Waals surface area contributed by atoms with Gasteiger partial charge in [-0.1, -0.05) is 29.8 Å². The summed E-state index contributed by atoms with van der Waals surface area (Å²) < 4.78 is 27.3. The number of rotatable bonds is 2. The summed E-state index contributed by atoms with van der Waals surface area (Å²) in [5.74, 6) is -1.96. The van der Waals surface area contributed by atoms with Crippen molar-refractivity contribution < 1.29 is 13.9 Å². The molecule has 0 aliphatic rings. The van der Waals surface area contributed by atoms with E-state index in [1.165, 1.54) is 25.1 Å². The molecule has 0 bridgehead atoms. The van der Waals surface area contributed by atoms with Crippen LogP contribution in [0.15, 0.2) is 30.3 Å². The molecule has 1 nitrogen and oxygen atoms in total. The maximum absolute atomic E-state index is 13.8. The Morgan fingerprint density at radius 1 is 1.05 bits per heavy atom. The fourth-order valence-electron chi connectivity index (χ4n) is 1.97. The van der Waals surface area contributed by atoms with Gasteiger partial charge in [0, 0.05) is 10.6 Å². The Morgan fingerprint density at radius 2 is 1.74 bits per heavy atom. The summed E-state index contributed by atoms with van der Waals surface area (Å²) in [7, 11) is 0. The highest BCUT2D eigenvalue weighted by Crippen LogP contribution is 2.29. The lowest BCUT2D eigenvalue weighted by molar-refractivity contribution is 0.213. The summed E-state index contributed by atoms with van der Waals surface area (Å²) in [6.07, 6.45) is -1.24. The molecule has 0 saturated heterocycles. The van der Waals surface area contributed by atoms with E-state index in [1.54, 1.807) is 12.1 Å². The first kappa shape index (κ1) is 14.0. The molecule has 1 atom stereocenters. The van der Waals surface area contributed by atoms with E-state index in [9.17, 15) is 13.9 Å². The van der Waals surface area contributed by atoms with Crippen molar-refractivity contribution in [3.63, 3.8) is 0 Å². The quantitative estimate of drug-likeness (QED) is 0.870. The minimum absolute atomic E-state index is 0.0928. The monoisotopic (exact) mass is 282 g/mol. The summed E-state index contributed by atoms with van der Waals surface area (Å²) in [5.41, 5.74) is 1.39. The van der Waals surface area contributed by atoms with Crippen molar-refractivity contribution in [3.8, 4) is 0 Å². The van der Waals surface area contributed by atoms with Crippen LogP contribution in [-0.4, -0.2) is 5.11 Å². The molecule has 0 radical (unpaired) electrons. The average Bonchev–Trinajstić information content (AvgIpc) is 2.34. The van der Waals surface area contributed by atoms with E-state index >= 15 is 0 Å². The van der Waals surface area contributed by atoms with E-state index in [1.807, 2.05) is 6.92 Å². The van der Waals surface area contributed by atoms with Crippen LogP contribution >= 0.6 is 11.6 Å². The van der Waals surface area contributed by atoms with Gasteiger partial charge in [-0.05, 0) is 42.7 Å². The van der Waals surface area contributed by atoms with Crippen LogP contribution in [0.4, 0.5) is 8.78 Å². The lowest BCUT2D eigenvalue weighted by Gasteiger charge is -2.14. The largest absolute Gasteiger partial charge is 0.384 e. The van der Waals surface area contributed by atoms with E-state index in [0.29, 0.717) is 10.6 Å². The normalized spacial score (nSPS) is 12.5. The highest BCUT2D eigenvalue weighted by Gasteiger charge is 2.19. The molecule has 1 N–H and O–H groups in total. The molecular weight excluding hydrogens is 270 g/mol. The van der Waals surface area contributed by atoms with Crippen LogP contribution in [0.25, 0.3) is 0 Å². The molecule has 2 aromatic rings. The minimum atomic E-state index is -1.24. The Hall–Kier alpha value is -1.45. The zero-order valence-electron chi connectivity index (χ0n) is 10.5. The lowest BCUT2D eigenvalue weighted by atomic mass is 9.98. The summed E-state index contributed by atoms with van der Waals surface area (Å²) >= 11 is 5.90. The fourth-order valence-corrected chi connectivity index (χ4v) is 2.27. The molecule has 2 rings (SSSR count). The van der Waals surface area contributed by atoms with Gasteiger partial charge in [0.2, 0.25) is 0 Å². The van der Waals surface area contributed by atoms with Crippen LogP contribution < -0.4 is 0 Å². The molecule has 1 unspecified atom stereocenters. The van der Waals surface area contributed by atoms with Gasteiger partial charge in [0.05, 0.1) is 0 Å². The second kappa shape index (κ2) is 5.27. The molecular formula is C15H13ClF2O. The van der Waals surface area contributed by atoms with Crippen LogP contribution in [0.5, 0.6) is 0 Å². The number of hydrogen-bond donors (Lipinski definition) is 1. The average molecular weight is 283 g/mol. The van der Waals surface area contributed by atoms with Gasteiger partial charge < -0.3 is 5.11 Å². The molecule has 4 heteroatoms. The first-order valence-electron chi connectivity index (χ1n) is 5.80. The minimum Gasteiger partial charge on any atom is -0.384 e. The zero-order valence-corrected chi connectivity index (χ0v) is 11.3. The molecule has 0 aliphatic carbocycles. The number of aliphatic hydroxyl groups excluding tert-OH is 1. The smallest absolute Gasteiger partial charge is 0.165 e. The Balaban J connectivity index is 2.50. The van der Waals surface area contributed by atoms with Crippen molar-refractivity contribution in [3.05, 3.63) is 69.2 Å². The van der Waals surface area contributed by atoms with Crippen molar-refractivity contribution in [2.24, 2.45) is 0 Å². The Bertz CT molecular complexity index is 606. The molecule has 0 amide bonds. The van der Waals surface area contributed by atoms with E-state index in [0.717, 1.165) is 5.56 Å². The molecule has 0 saturated carbocycles. The Labute approximate surface area is 115 Å². The molecule has 0 spiro atoms. The molecule has 100 valence electrons. The summed E-state index contributed by atoms with van der Waals surface area (Å²) in [4.78, 5) is 0. The third kappa shape index (κ3) is 2.77. The predicted octanol–water partition coefficient (Wildman–Crippen LogP) is 4.32. The van der Waals surface area contributed by atoms with Crippen LogP contribution in [0, 0.1) is 25.5 Å². The molecule has 0 aromatic heterocycles. The van der Waals surface area contributed by atoms with E-state index < -0.39 is 17.7 Å². The van der Waals surface area contributed by atoms with Gasteiger partial charge >= 0.3 is 0 Å². The maximum Gasteiger partial charge on any atom is 0.165 e. The second-order valence-corrected chi connectivity index (χ2v) is 5.00. The molecule has 2 aromatic carbocycles. The van der Waals surface area contributed by atoms with Gasteiger partial charge in [0.15, 0.2) is 11.6 Å². The van der Waals surface area contributed by atoms with Crippen molar-refractivity contribution in [1.29, 1.82) is 0 Å².